The number of urea groups is 1. The molecular formula is C16H24N2O3. The molecule has 1 fully saturated rings. The maximum absolute atomic E-state index is 11.8. The highest BCUT2D eigenvalue weighted by Crippen LogP contribution is 2.32. The Morgan fingerprint density at radius 1 is 1.29 bits per heavy atom. The van der Waals surface area contributed by atoms with Crippen LogP contribution >= 0.6 is 0 Å². The van der Waals surface area contributed by atoms with Gasteiger partial charge in [-0.3, -0.25) is 0 Å². The summed E-state index contributed by atoms with van der Waals surface area (Å²) in [7, 11) is 1.61. The largest absolute Gasteiger partial charge is 0.493 e. The molecule has 0 aliphatic heterocycles. The van der Waals surface area contributed by atoms with Crippen molar-refractivity contribution in [1.82, 2.24) is 10.6 Å². The Balaban J connectivity index is 1.73. The third kappa shape index (κ3) is 4.85. The summed E-state index contributed by atoms with van der Waals surface area (Å²) >= 11 is 0. The van der Waals surface area contributed by atoms with Crippen LogP contribution in [0.15, 0.2) is 24.3 Å². The summed E-state index contributed by atoms with van der Waals surface area (Å²) in [5.41, 5.74) is 0. The standard InChI is InChI=1S/C16H24N2O3/c1-11(21-15-7-5-4-6-14(15)20-3)10-17-16(19)18-12(2)13-8-9-13/h4-7,11-13H,8-10H2,1-3H3,(H2,17,18,19)/t11-,12-/m0/s1. The van der Waals surface area contributed by atoms with E-state index in [4.69, 9.17) is 9.47 Å². The van der Waals surface area contributed by atoms with Crippen molar-refractivity contribution in [3.8, 4) is 11.5 Å². The van der Waals surface area contributed by atoms with Crippen LogP contribution < -0.4 is 20.1 Å². The van der Waals surface area contributed by atoms with E-state index in [-0.39, 0.29) is 18.2 Å². The summed E-state index contributed by atoms with van der Waals surface area (Å²) in [5, 5.41) is 5.79. The summed E-state index contributed by atoms with van der Waals surface area (Å²) < 4.78 is 11.0. The van der Waals surface area contributed by atoms with Crippen LogP contribution in [-0.2, 0) is 0 Å². The quantitative estimate of drug-likeness (QED) is 0.812. The zero-order chi connectivity index (χ0) is 15.2. The van der Waals surface area contributed by atoms with E-state index >= 15 is 0 Å². The molecule has 0 bridgehead atoms. The molecule has 1 aromatic rings. The van der Waals surface area contributed by atoms with Crippen LogP contribution in [0.1, 0.15) is 26.7 Å². The molecule has 0 spiro atoms. The van der Waals surface area contributed by atoms with E-state index in [1.54, 1.807) is 7.11 Å². The van der Waals surface area contributed by atoms with Crippen molar-refractivity contribution in [2.75, 3.05) is 13.7 Å². The first kappa shape index (κ1) is 15.5. The Hall–Kier alpha value is -1.91. The van der Waals surface area contributed by atoms with Gasteiger partial charge in [-0.2, -0.15) is 0 Å². The molecule has 1 aliphatic carbocycles. The minimum Gasteiger partial charge on any atom is -0.493 e. The number of hydrogen-bond acceptors (Lipinski definition) is 3. The fraction of sp³-hybridized carbons (Fsp3) is 0.562. The van der Waals surface area contributed by atoms with Crippen molar-refractivity contribution in [3.05, 3.63) is 24.3 Å². The number of amides is 2. The molecule has 0 unspecified atom stereocenters. The normalized spacial score (nSPS) is 16.7. The molecule has 0 saturated heterocycles. The molecule has 1 aromatic carbocycles. The zero-order valence-electron chi connectivity index (χ0n) is 12.9. The smallest absolute Gasteiger partial charge is 0.315 e. The molecule has 5 nitrogen and oxygen atoms in total. The maximum Gasteiger partial charge on any atom is 0.315 e. The van der Waals surface area contributed by atoms with Gasteiger partial charge in [-0.25, -0.2) is 4.79 Å². The van der Waals surface area contributed by atoms with Crippen LogP contribution in [0, 0.1) is 5.92 Å². The average molecular weight is 292 g/mol. The molecule has 5 heteroatoms. The first-order valence-corrected chi connectivity index (χ1v) is 7.44. The number of carbonyl (C=O) groups is 1. The topological polar surface area (TPSA) is 59.6 Å². The monoisotopic (exact) mass is 292 g/mol. The molecule has 2 N–H and O–H groups in total. The van der Waals surface area contributed by atoms with Gasteiger partial charge in [-0.15, -0.1) is 0 Å². The predicted octanol–water partition coefficient (Wildman–Crippen LogP) is 2.56. The second kappa shape index (κ2) is 7.20. The molecule has 116 valence electrons. The van der Waals surface area contributed by atoms with E-state index < -0.39 is 0 Å². The SMILES string of the molecule is COc1ccccc1O[C@@H](C)CNC(=O)N[C@@H](C)C1CC1. The predicted molar refractivity (Wildman–Crippen MR) is 81.8 cm³/mol. The number of rotatable bonds is 7. The van der Waals surface area contributed by atoms with E-state index in [9.17, 15) is 4.79 Å². The van der Waals surface area contributed by atoms with E-state index in [0.29, 0.717) is 24.0 Å². The average Bonchev–Trinajstić information content (AvgIpc) is 3.30. The Kier molecular flexibility index (Phi) is 5.31. The molecule has 1 aliphatic rings. The van der Waals surface area contributed by atoms with Crippen molar-refractivity contribution >= 4 is 6.03 Å². The van der Waals surface area contributed by atoms with Crippen LogP contribution in [0.5, 0.6) is 11.5 Å². The number of nitrogens with one attached hydrogen (secondary N) is 2. The van der Waals surface area contributed by atoms with Crippen molar-refractivity contribution < 1.29 is 14.3 Å². The second-order valence-electron chi connectivity index (χ2n) is 5.56. The van der Waals surface area contributed by atoms with Crippen molar-refractivity contribution in [3.63, 3.8) is 0 Å². The van der Waals surface area contributed by atoms with Gasteiger partial charge >= 0.3 is 6.03 Å². The third-order valence-corrected chi connectivity index (χ3v) is 3.64. The van der Waals surface area contributed by atoms with Gasteiger partial charge in [-0.1, -0.05) is 12.1 Å². The molecular weight excluding hydrogens is 268 g/mol. The Morgan fingerprint density at radius 2 is 1.95 bits per heavy atom. The van der Waals surface area contributed by atoms with Gasteiger partial charge in [0.25, 0.3) is 0 Å². The van der Waals surface area contributed by atoms with E-state index in [2.05, 4.69) is 10.6 Å². The van der Waals surface area contributed by atoms with Gasteiger partial charge in [0.1, 0.15) is 6.10 Å². The van der Waals surface area contributed by atoms with E-state index in [0.717, 1.165) is 0 Å². The molecule has 21 heavy (non-hydrogen) atoms. The molecule has 2 atom stereocenters. The van der Waals surface area contributed by atoms with Crippen LogP contribution in [0.2, 0.25) is 0 Å². The lowest BCUT2D eigenvalue weighted by molar-refractivity contribution is 0.200. The highest BCUT2D eigenvalue weighted by Gasteiger charge is 2.28. The number of para-hydroxylation sites is 2. The first-order chi connectivity index (χ1) is 10.1. The fourth-order valence-electron chi connectivity index (χ4n) is 2.18. The number of ether oxygens (including phenoxy) is 2. The number of hydrogen-bond donors (Lipinski definition) is 2. The minimum atomic E-state index is -0.136. The fourth-order valence-corrected chi connectivity index (χ4v) is 2.18. The van der Waals surface area contributed by atoms with Gasteiger partial charge in [-0.05, 0) is 44.7 Å². The molecule has 0 radical (unpaired) electrons. The van der Waals surface area contributed by atoms with Crippen LogP contribution in [0.3, 0.4) is 0 Å². The Bertz CT molecular complexity index is 474. The lowest BCUT2D eigenvalue weighted by Gasteiger charge is -2.18. The molecule has 1 saturated carbocycles. The highest BCUT2D eigenvalue weighted by molar-refractivity contribution is 5.74. The van der Waals surface area contributed by atoms with Gasteiger partial charge in [0.15, 0.2) is 11.5 Å². The first-order valence-electron chi connectivity index (χ1n) is 7.44. The summed E-state index contributed by atoms with van der Waals surface area (Å²) in [6.07, 6.45) is 2.30. The van der Waals surface area contributed by atoms with Crippen LogP contribution in [0.25, 0.3) is 0 Å². The number of carbonyl (C=O) groups excluding carboxylic acids is 1. The molecule has 0 heterocycles. The third-order valence-electron chi connectivity index (χ3n) is 3.64. The van der Waals surface area contributed by atoms with Crippen molar-refractivity contribution in [2.24, 2.45) is 5.92 Å². The molecule has 2 rings (SSSR count). The van der Waals surface area contributed by atoms with Gasteiger partial charge in [0.05, 0.1) is 13.7 Å². The number of methoxy groups -OCH3 is 1. The molecule has 2 amide bonds. The van der Waals surface area contributed by atoms with Gasteiger partial charge in [0, 0.05) is 6.04 Å². The van der Waals surface area contributed by atoms with E-state index in [1.165, 1.54) is 12.8 Å². The van der Waals surface area contributed by atoms with Crippen molar-refractivity contribution in [1.29, 1.82) is 0 Å². The highest BCUT2D eigenvalue weighted by atomic mass is 16.5. The maximum atomic E-state index is 11.8. The lowest BCUT2D eigenvalue weighted by atomic mass is 10.2. The van der Waals surface area contributed by atoms with Crippen LogP contribution in [-0.4, -0.2) is 31.8 Å². The Labute approximate surface area is 126 Å². The summed E-state index contributed by atoms with van der Waals surface area (Å²) in [5.74, 6) is 2.02. The van der Waals surface area contributed by atoms with Crippen molar-refractivity contribution in [2.45, 2.75) is 38.8 Å². The van der Waals surface area contributed by atoms with E-state index in [1.807, 2.05) is 38.1 Å². The molecule has 0 aromatic heterocycles. The number of benzene rings is 1. The second-order valence-corrected chi connectivity index (χ2v) is 5.56. The van der Waals surface area contributed by atoms with Crippen LogP contribution in [0.4, 0.5) is 4.79 Å². The summed E-state index contributed by atoms with van der Waals surface area (Å²) in [6.45, 7) is 4.41. The zero-order valence-corrected chi connectivity index (χ0v) is 12.9. The van der Waals surface area contributed by atoms with Gasteiger partial charge in [0.2, 0.25) is 0 Å². The minimum absolute atomic E-state index is 0.134. The lowest BCUT2D eigenvalue weighted by Crippen LogP contribution is -2.44. The Morgan fingerprint density at radius 3 is 2.57 bits per heavy atom. The summed E-state index contributed by atoms with van der Waals surface area (Å²) in [6, 6.07) is 7.59. The van der Waals surface area contributed by atoms with Gasteiger partial charge < -0.3 is 20.1 Å². The summed E-state index contributed by atoms with van der Waals surface area (Å²) in [4.78, 5) is 11.8.